The molecule has 3 heteroatoms. The minimum absolute atomic E-state index is 0.823. The van der Waals surface area contributed by atoms with Gasteiger partial charge in [0.2, 0.25) is 5.88 Å². The number of hydrogen-bond donors (Lipinski definition) is 1. The van der Waals surface area contributed by atoms with Gasteiger partial charge < -0.3 is 9.72 Å². The molecule has 0 bridgehead atoms. The molecule has 0 radical (unpaired) electrons. The van der Waals surface area contributed by atoms with E-state index in [4.69, 9.17) is 4.74 Å². The van der Waals surface area contributed by atoms with Crippen LogP contribution in [-0.2, 0) is 12.8 Å². The minimum Gasteiger partial charge on any atom is -0.476 e. The van der Waals surface area contributed by atoms with E-state index in [0.717, 1.165) is 44.0 Å². The van der Waals surface area contributed by atoms with E-state index >= 15 is 0 Å². The first-order valence-electron chi connectivity index (χ1n) is 4.60. The molecular weight excluding hydrogens is 152 g/mol. The van der Waals surface area contributed by atoms with Crippen LogP contribution < -0.4 is 4.74 Å². The van der Waals surface area contributed by atoms with Crippen molar-refractivity contribution in [3.63, 3.8) is 0 Å². The fourth-order valence-corrected chi connectivity index (χ4v) is 1.51. The van der Waals surface area contributed by atoms with Gasteiger partial charge >= 0.3 is 0 Å². The third-order valence-electron chi connectivity index (χ3n) is 2.09. The standard InChI is InChI=1S/C9H14N2O/c1-2-4-8-10-7-5-3-6-12-9(7)11-8/h2-6H2,1H3,(H,10,11). The first kappa shape index (κ1) is 7.65. The molecule has 3 nitrogen and oxygen atoms in total. The van der Waals surface area contributed by atoms with Crippen molar-refractivity contribution in [2.45, 2.75) is 32.6 Å². The Bertz CT molecular complexity index is 244. The Balaban J connectivity index is 2.20. The fourth-order valence-electron chi connectivity index (χ4n) is 1.51. The fraction of sp³-hybridized carbons (Fsp3) is 0.667. The predicted molar refractivity (Wildman–Crippen MR) is 46.4 cm³/mol. The second-order valence-electron chi connectivity index (χ2n) is 3.17. The molecule has 1 N–H and O–H groups in total. The number of H-pyrrole nitrogens is 1. The number of aryl methyl sites for hydroxylation is 2. The summed E-state index contributed by atoms with van der Waals surface area (Å²) in [4.78, 5) is 7.66. The van der Waals surface area contributed by atoms with E-state index in [1.54, 1.807) is 0 Å². The summed E-state index contributed by atoms with van der Waals surface area (Å²) in [6.45, 7) is 2.98. The number of rotatable bonds is 2. The van der Waals surface area contributed by atoms with Gasteiger partial charge in [0.25, 0.3) is 0 Å². The van der Waals surface area contributed by atoms with E-state index in [1.807, 2.05) is 0 Å². The van der Waals surface area contributed by atoms with Crippen LogP contribution in [0, 0.1) is 0 Å². The molecule has 0 saturated carbocycles. The lowest BCUT2D eigenvalue weighted by Gasteiger charge is -2.09. The maximum absolute atomic E-state index is 5.41. The van der Waals surface area contributed by atoms with Crippen molar-refractivity contribution in [2.24, 2.45) is 0 Å². The van der Waals surface area contributed by atoms with Gasteiger partial charge in [0.15, 0.2) is 0 Å². The molecule has 0 amide bonds. The Morgan fingerprint density at radius 1 is 1.58 bits per heavy atom. The summed E-state index contributed by atoms with van der Waals surface area (Å²) in [5.41, 5.74) is 1.18. The molecule has 0 aromatic carbocycles. The number of fused-ring (bicyclic) bond motifs is 1. The van der Waals surface area contributed by atoms with Crippen LogP contribution in [0.15, 0.2) is 0 Å². The minimum atomic E-state index is 0.823. The summed E-state index contributed by atoms with van der Waals surface area (Å²) in [5.74, 6) is 1.91. The second kappa shape index (κ2) is 3.17. The number of aromatic nitrogens is 2. The first-order valence-corrected chi connectivity index (χ1v) is 4.60. The Hall–Kier alpha value is -0.990. The number of aromatic amines is 1. The van der Waals surface area contributed by atoms with Gasteiger partial charge in [-0.1, -0.05) is 6.92 Å². The summed E-state index contributed by atoms with van der Waals surface area (Å²) < 4.78 is 5.41. The van der Waals surface area contributed by atoms with Crippen LogP contribution in [0.25, 0.3) is 0 Å². The van der Waals surface area contributed by atoms with Crippen LogP contribution in [0.4, 0.5) is 0 Å². The summed E-state index contributed by atoms with van der Waals surface area (Å²) in [7, 11) is 0. The topological polar surface area (TPSA) is 37.9 Å². The van der Waals surface area contributed by atoms with Crippen LogP contribution in [0.1, 0.15) is 31.3 Å². The monoisotopic (exact) mass is 166 g/mol. The summed E-state index contributed by atoms with van der Waals surface area (Å²) in [5, 5.41) is 0. The third kappa shape index (κ3) is 1.31. The lowest BCUT2D eigenvalue weighted by atomic mass is 10.2. The lowest BCUT2D eigenvalue weighted by molar-refractivity contribution is 0.277. The zero-order valence-corrected chi connectivity index (χ0v) is 7.39. The molecule has 12 heavy (non-hydrogen) atoms. The molecule has 66 valence electrons. The van der Waals surface area contributed by atoms with Crippen LogP contribution in [-0.4, -0.2) is 16.6 Å². The van der Waals surface area contributed by atoms with E-state index < -0.39 is 0 Å². The molecule has 1 aliphatic heterocycles. The maximum Gasteiger partial charge on any atom is 0.235 e. The highest BCUT2D eigenvalue weighted by molar-refractivity contribution is 5.23. The Morgan fingerprint density at radius 2 is 2.50 bits per heavy atom. The summed E-state index contributed by atoms with van der Waals surface area (Å²) in [6.07, 6.45) is 4.36. The molecule has 0 spiro atoms. The number of hydrogen-bond acceptors (Lipinski definition) is 2. The Labute approximate surface area is 72.2 Å². The molecule has 1 aromatic heterocycles. The van der Waals surface area contributed by atoms with Gasteiger partial charge in [0.05, 0.1) is 12.3 Å². The van der Waals surface area contributed by atoms with Gasteiger partial charge in [-0.25, -0.2) is 0 Å². The largest absolute Gasteiger partial charge is 0.476 e. The van der Waals surface area contributed by atoms with Crippen LogP contribution >= 0.6 is 0 Å². The van der Waals surface area contributed by atoms with Gasteiger partial charge in [-0.3, -0.25) is 0 Å². The molecular formula is C9H14N2O. The molecule has 1 aromatic rings. The van der Waals surface area contributed by atoms with Gasteiger partial charge in [0.1, 0.15) is 5.82 Å². The smallest absolute Gasteiger partial charge is 0.235 e. The van der Waals surface area contributed by atoms with E-state index in [9.17, 15) is 0 Å². The van der Waals surface area contributed by atoms with Crippen LogP contribution in [0.3, 0.4) is 0 Å². The van der Waals surface area contributed by atoms with Crippen molar-refractivity contribution in [3.8, 4) is 5.88 Å². The molecule has 0 saturated heterocycles. The Kier molecular flexibility index (Phi) is 2.02. The SMILES string of the molecule is CCCc1nc2c([nH]1)CCCO2. The highest BCUT2D eigenvalue weighted by Crippen LogP contribution is 2.21. The van der Waals surface area contributed by atoms with Gasteiger partial charge in [-0.15, -0.1) is 0 Å². The van der Waals surface area contributed by atoms with E-state index in [2.05, 4.69) is 16.9 Å². The van der Waals surface area contributed by atoms with Crippen molar-refractivity contribution in [1.29, 1.82) is 0 Å². The molecule has 0 fully saturated rings. The van der Waals surface area contributed by atoms with Gasteiger partial charge in [0, 0.05) is 6.42 Å². The molecule has 2 heterocycles. The predicted octanol–water partition coefficient (Wildman–Crippen LogP) is 1.69. The average Bonchev–Trinajstić information content (AvgIpc) is 2.47. The third-order valence-corrected chi connectivity index (χ3v) is 2.09. The lowest BCUT2D eigenvalue weighted by Crippen LogP contribution is -2.07. The van der Waals surface area contributed by atoms with E-state index in [1.165, 1.54) is 5.69 Å². The first-order chi connectivity index (χ1) is 5.90. The second-order valence-corrected chi connectivity index (χ2v) is 3.17. The van der Waals surface area contributed by atoms with Gasteiger partial charge in [-0.2, -0.15) is 4.98 Å². The highest BCUT2D eigenvalue weighted by atomic mass is 16.5. The van der Waals surface area contributed by atoms with Crippen LogP contribution in [0.2, 0.25) is 0 Å². The van der Waals surface area contributed by atoms with Crippen molar-refractivity contribution >= 4 is 0 Å². The zero-order valence-electron chi connectivity index (χ0n) is 7.39. The van der Waals surface area contributed by atoms with Crippen molar-refractivity contribution < 1.29 is 4.74 Å². The Morgan fingerprint density at radius 3 is 3.25 bits per heavy atom. The number of nitrogens with zero attached hydrogens (tertiary/aromatic N) is 1. The van der Waals surface area contributed by atoms with E-state index in [0.29, 0.717) is 0 Å². The molecule has 2 rings (SSSR count). The van der Waals surface area contributed by atoms with Crippen molar-refractivity contribution in [2.75, 3.05) is 6.61 Å². The van der Waals surface area contributed by atoms with Crippen molar-refractivity contribution in [1.82, 2.24) is 9.97 Å². The number of imidazole rings is 1. The van der Waals surface area contributed by atoms with Crippen LogP contribution in [0.5, 0.6) is 5.88 Å². The normalized spacial score (nSPS) is 15.4. The molecule has 0 aliphatic carbocycles. The van der Waals surface area contributed by atoms with Crippen molar-refractivity contribution in [3.05, 3.63) is 11.5 Å². The number of nitrogens with one attached hydrogen (secondary N) is 1. The quantitative estimate of drug-likeness (QED) is 0.726. The average molecular weight is 166 g/mol. The highest BCUT2D eigenvalue weighted by Gasteiger charge is 2.14. The maximum atomic E-state index is 5.41. The molecule has 0 atom stereocenters. The van der Waals surface area contributed by atoms with Gasteiger partial charge in [-0.05, 0) is 19.3 Å². The number of ether oxygens (including phenoxy) is 1. The zero-order chi connectivity index (χ0) is 8.39. The summed E-state index contributed by atoms with van der Waals surface area (Å²) >= 11 is 0. The molecule has 1 aliphatic rings. The van der Waals surface area contributed by atoms with E-state index in [-0.39, 0.29) is 0 Å². The molecule has 0 unspecified atom stereocenters. The summed E-state index contributed by atoms with van der Waals surface area (Å²) in [6, 6.07) is 0.